The van der Waals surface area contributed by atoms with Crippen LogP contribution in [-0.4, -0.2) is 124 Å². The second kappa shape index (κ2) is 38.5. The number of ether oxygens (including phenoxy) is 5. The van der Waals surface area contributed by atoms with E-state index in [-0.39, 0.29) is 35.1 Å². The van der Waals surface area contributed by atoms with E-state index in [9.17, 15) is 24.0 Å². The van der Waals surface area contributed by atoms with E-state index >= 15 is 0 Å². The minimum absolute atomic E-state index is 0.234. The topological polar surface area (TPSA) is 374 Å². The normalized spacial score (nSPS) is 10.8. The maximum atomic E-state index is 12.2. The third-order valence-electron chi connectivity index (χ3n) is 19.5. The predicted octanol–water partition coefficient (Wildman–Crippen LogP) is 9.67. The van der Waals surface area contributed by atoms with E-state index in [0.717, 1.165) is 106 Å². The van der Waals surface area contributed by atoms with Gasteiger partial charge in [-0.25, -0.2) is 48.9 Å². The van der Waals surface area contributed by atoms with Crippen LogP contribution in [0.1, 0.15) is 106 Å². The van der Waals surface area contributed by atoms with Crippen molar-refractivity contribution in [3.63, 3.8) is 0 Å². The predicted molar refractivity (Wildman–Crippen MR) is 447 cm³/mol. The number of aryl methyl sites for hydroxylation is 19. The number of nitrogens with zero attached hydrogens (tertiary/aromatic N) is 25. The summed E-state index contributed by atoms with van der Waals surface area (Å²) in [5, 5.41) is 38.8. The number of benzene rings is 5. The Bertz CT molecular complexity index is 6350. The van der Waals surface area contributed by atoms with Gasteiger partial charge in [0.25, 0.3) is 0 Å². The Morgan fingerprint density at radius 3 is 0.908 bits per heavy atom. The fourth-order valence-corrected chi connectivity index (χ4v) is 12.2. The summed E-state index contributed by atoms with van der Waals surface area (Å²) in [5.74, 6) is 2.70. The number of pyridine rings is 5. The van der Waals surface area contributed by atoms with Crippen LogP contribution in [0.15, 0.2) is 176 Å². The quantitative estimate of drug-likeness (QED) is 0.0640. The Morgan fingerprint density at radius 2 is 0.583 bits per heavy atom. The van der Waals surface area contributed by atoms with Crippen LogP contribution in [0.5, 0.6) is 29.4 Å². The monoisotopic (exact) mass is 1650 g/mol. The van der Waals surface area contributed by atoms with Gasteiger partial charge in [0, 0.05) is 116 Å². The summed E-state index contributed by atoms with van der Waals surface area (Å²) in [4.78, 5) is 82.4. The molecule has 0 spiro atoms. The Balaban J connectivity index is 0.000000147. The Labute approximate surface area is 694 Å². The lowest BCUT2D eigenvalue weighted by atomic mass is 10.1. The summed E-state index contributed by atoms with van der Waals surface area (Å²) >= 11 is 6.02. The fraction of sp³-hybridized carbons (Fsp3) is 0.286. The number of aromatic nitrogens is 25. The molecule has 0 N–H and O–H groups in total. The highest BCUT2D eigenvalue weighted by atomic mass is 35.5. The van der Waals surface area contributed by atoms with Crippen molar-refractivity contribution in [2.45, 2.75) is 130 Å². The van der Waals surface area contributed by atoms with Crippen molar-refractivity contribution in [1.29, 1.82) is 0 Å². The lowest BCUT2D eigenvalue weighted by Crippen LogP contribution is -2.23. The zero-order valence-electron chi connectivity index (χ0n) is 70.1. The van der Waals surface area contributed by atoms with Crippen molar-refractivity contribution in [2.75, 3.05) is 0 Å². The molecule has 0 saturated carbocycles. The van der Waals surface area contributed by atoms with Crippen molar-refractivity contribution in [1.82, 2.24) is 124 Å². The van der Waals surface area contributed by atoms with Crippen LogP contribution in [-0.2, 0) is 68.3 Å². The lowest BCUT2D eigenvalue weighted by molar-refractivity contribution is 0.289. The van der Waals surface area contributed by atoms with E-state index in [2.05, 4.69) is 83.1 Å². The third-order valence-corrected chi connectivity index (χ3v) is 19.9. The molecule has 0 bridgehead atoms. The summed E-state index contributed by atoms with van der Waals surface area (Å²) in [6, 6.07) is 43.6. The van der Waals surface area contributed by atoms with Crippen LogP contribution in [0.2, 0.25) is 5.15 Å². The molecule has 0 atom stereocenters. The number of tetrazole rings is 5. The molecule has 10 heterocycles. The van der Waals surface area contributed by atoms with Gasteiger partial charge in [0.2, 0.25) is 29.4 Å². The first-order valence-corrected chi connectivity index (χ1v) is 38.1. The maximum absolute atomic E-state index is 12.2. The van der Waals surface area contributed by atoms with Gasteiger partial charge in [0.1, 0.15) is 38.2 Å². The van der Waals surface area contributed by atoms with Gasteiger partial charge in [-0.15, -0.1) is 0 Å². The molecule has 0 fully saturated rings. The molecular weight excluding hydrogens is 1550 g/mol. The van der Waals surface area contributed by atoms with Gasteiger partial charge in [-0.2, -0.15) is 46.8 Å². The molecule has 120 heavy (non-hydrogen) atoms. The summed E-state index contributed by atoms with van der Waals surface area (Å²) < 4.78 is 41.5. The molecule has 35 nitrogen and oxygen atoms in total. The van der Waals surface area contributed by atoms with Crippen molar-refractivity contribution in [2.24, 2.45) is 35.2 Å². The number of hydrogen-bond donors (Lipinski definition) is 0. The van der Waals surface area contributed by atoms with Gasteiger partial charge in [-0.3, -0.25) is 0 Å². The minimum Gasteiger partial charge on any atom is -0.473 e. The zero-order valence-corrected chi connectivity index (χ0v) is 70.9. The maximum Gasteiger partial charge on any atom is 0.368 e. The van der Waals surface area contributed by atoms with E-state index < -0.39 is 0 Å². The molecule has 0 aliphatic heterocycles. The Morgan fingerprint density at radius 1 is 0.275 bits per heavy atom. The van der Waals surface area contributed by atoms with Crippen LogP contribution in [0.25, 0.3) is 28.4 Å². The average Bonchev–Trinajstić information content (AvgIpc) is 1.63. The van der Waals surface area contributed by atoms with Crippen molar-refractivity contribution >= 4 is 11.6 Å². The second-order valence-electron chi connectivity index (χ2n) is 28.4. The molecule has 620 valence electrons. The van der Waals surface area contributed by atoms with Gasteiger partial charge >= 0.3 is 28.4 Å². The molecule has 0 radical (unpaired) electrons. The third kappa shape index (κ3) is 20.5. The lowest BCUT2D eigenvalue weighted by Gasteiger charge is -2.14. The van der Waals surface area contributed by atoms with E-state index in [1.54, 1.807) is 59.8 Å². The largest absolute Gasteiger partial charge is 0.473 e. The van der Waals surface area contributed by atoms with E-state index in [4.69, 9.17) is 35.3 Å². The SMILES string of the molecule is Cc1cc(C)c(OCc2c(C)cccc2-n2nnn(C)c2=O)nc1C.Cc1ccc(OCc2c(C)cccc2-n2nnn(C)c2=O)nc1.Cc1ccc(OCc2c(C)cccc2-n2nnn(C)c2=O)nc1C.Cc1ccc(OCc2c(C)cccc2-n2nnn(C)c2=O)nc1Cl.Cc1cnc(OCc2c(C)cccc2-n2nnn(C)c2=O)c(C)c1. The molecule has 0 aliphatic carbocycles. The van der Waals surface area contributed by atoms with Gasteiger partial charge in [-0.1, -0.05) is 90.5 Å². The van der Waals surface area contributed by atoms with Crippen molar-refractivity contribution < 1.29 is 23.7 Å². The molecule has 0 unspecified atom stereocenters. The first-order valence-electron chi connectivity index (χ1n) is 37.8. The first kappa shape index (κ1) is 86.4. The number of hydrogen-bond acceptors (Lipinski definition) is 25. The Kier molecular flexibility index (Phi) is 27.7. The number of halogens is 1. The van der Waals surface area contributed by atoms with Crippen LogP contribution >= 0.6 is 11.6 Å². The van der Waals surface area contributed by atoms with Crippen molar-refractivity contribution in [3.05, 3.63) is 315 Å². The fourth-order valence-electron chi connectivity index (χ4n) is 12.0. The summed E-state index contributed by atoms with van der Waals surface area (Å²) in [6.45, 7) is 28.9. The van der Waals surface area contributed by atoms with Gasteiger partial charge < -0.3 is 23.7 Å². The van der Waals surface area contributed by atoms with Crippen LogP contribution < -0.4 is 52.1 Å². The van der Waals surface area contributed by atoms with E-state index in [0.29, 0.717) is 89.4 Å². The molecule has 15 rings (SSSR count). The molecule has 5 aromatic carbocycles. The summed E-state index contributed by atoms with van der Waals surface area (Å²) in [5.41, 5.74) is 20.2. The minimum atomic E-state index is -0.321. The molecule has 0 saturated heterocycles. The molecule has 36 heteroatoms. The number of rotatable bonds is 20. The van der Waals surface area contributed by atoms with Crippen molar-refractivity contribution in [3.8, 4) is 57.8 Å². The first-order chi connectivity index (χ1) is 57.3. The molecular formula is C84H92ClN25O10. The molecule has 10 aromatic heterocycles. The molecule has 0 amide bonds. The summed E-state index contributed by atoms with van der Waals surface area (Å²) in [7, 11) is 7.82. The second-order valence-corrected chi connectivity index (χ2v) is 28.8. The molecule has 0 aliphatic rings. The van der Waals surface area contributed by atoms with Gasteiger partial charge in [-0.05, 0) is 247 Å². The highest BCUT2D eigenvalue weighted by molar-refractivity contribution is 6.30. The van der Waals surface area contributed by atoms with Crippen LogP contribution in [0.3, 0.4) is 0 Å². The highest BCUT2D eigenvalue weighted by Crippen LogP contribution is 2.28. The smallest absolute Gasteiger partial charge is 0.368 e. The van der Waals surface area contributed by atoms with E-state index in [1.807, 2.05) is 218 Å². The standard InChI is InChI=1S/C18H21N5O2.2C17H19N5O2.C16H16ClN5O2.C16H17N5O2/c1-11-7-6-8-16(23-18(24)22(5)20-21-23)15(11)10-25-17-13(3)9-12(2)14(4)19-17;1-11-8-13(3)16(18-9-11)24-10-14-12(2)6-5-7-15(14)22-17(23)21(4)19-20-22;1-11-8-9-16(18-13(11)3)24-10-14-12(2)6-5-7-15(14)22-17(23)21(4)19-20-22;1-10-5-4-6-13(22-16(23)21(3)19-20-22)12(10)9-24-14-8-7-11(2)15(17)18-14;1-11-7-8-15(17-9-11)23-10-13-12(2)5-4-6-14(13)21-16(22)20(3)18-19-21/h6-9H,10H2,1-5H3;2*5-9H,10H2,1-4H3;4-8H,9H2,1-3H3;4-9H,10H2,1-3H3. The average molecular weight is 1650 g/mol. The Hall–Kier alpha value is -14.5. The van der Waals surface area contributed by atoms with E-state index in [1.165, 1.54) is 46.8 Å². The van der Waals surface area contributed by atoms with Crippen LogP contribution in [0, 0.1) is 96.9 Å². The summed E-state index contributed by atoms with van der Waals surface area (Å²) in [6.07, 6.45) is 3.52. The highest BCUT2D eigenvalue weighted by Gasteiger charge is 2.21. The van der Waals surface area contributed by atoms with Gasteiger partial charge in [0.05, 0.1) is 28.4 Å². The zero-order chi connectivity index (χ0) is 86.3. The van der Waals surface area contributed by atoms with Crippen LogP contribution in [0.4, 0.5) is 0 Å². The van der Waals surface area contributed by atoms with Gasteiger partial charge in [0.15, 0.2) is 0 Å². The molecule has 15 aromatic rings.